The minimum absolute atomic E-state index is 0.0331. The molecule has 290 valence electrons. The summed E-state index contributed by atoms with van der Waals surface area (Å²) in [6.07, 6.45) is 7.71. The third kappa shape index (κ3) is 13.6. The van der Waals surface area contributed by atoms with Crippen molar-refractivity contribution in [3.63, 3.8) is 0 Å². The summed E-state index contributed by atoms with van der Waals surface area (Å²) in [7, 11) is 0. The molecule has 9 heteroatoms. The molecule has 0 amide bonds. The number of benzene rings is 2. The third-order valence-corrected chi connectivity index (χ3v) is 9.94. The molecule has 5 atom stereocenters. The highest BCUT2D eigenvalue weighted by molar-refractivity contribution is 5.89. The average molecular weight is 733 g/mol. The number of hydrogen-bond acceptors (Lipinski definition) is 9. The summed E-state index contributed by atoms with van der Waals surface area (Å²) >= 11 is 0. The first-order chi connectivity index (χ1) is 25.2. The molecule has 1 aliphatic carbocycles. The standard InChI is InChI=1S/C44H60O9/c1-9-11-15-27-50-40(46)24-25-44(8)38(22-23-39(44)53-41(47)34-16-13-12-14-17-34)37-21-19-33(28-35(37)30-51-42(48)43(5,6)7)29-36(52-32(4)45)20-18-31(3)49-26-10-2/h9-10,12-14,16-17,19,21,28,31,36,38-39H,1-2,11,15,18,20,22-27,29-30H2,3-8H3/t31?,36-,38-,39-,44-/m0/s1. The van der Waals surface area contributed by atoms with E-state index in [9.17, 15) is 19.2 Å². The van der Waals surface area contributed by atoms with Crippen molar-refractivity contribution >= 4 is 23.9 Å². The van der Waals surface area contributed by atoms with Crippen LogP contribution in [0.1, 0.15) is 126 Å². The van der Waals surface area contributed by atoms with E-state index in [4.69, 9.17) is 23.7 Å². The number of unbranched alkanes of at least 4 members (excludes halogenated alkanes) is 1. The predicted octanol–water partition coefficient (Wildman–Crippen LogP) is 9.02. The normalized spacial score (nSPS) is 19.4. The molecule has 0 bridgehead atoms. The van der Waals surface area contributed by atoms with Crippen molar-refractivity contribution in [3.8, 4) is 0 Å². The van der Waals surface area contributed by atoms with Crippen LogP contribution in [0.2, 0.25) is 0 Å². The van der Waals surface area contributed by atoms with Crippen LogP contribution in [0.5, 0.6) is 0 Å². The van der Waals surface area contributed by atoms with Gasteiger partial charge in [-0.25, -0.2) is 4.79 Å². The average Bonchev–Trinajstić information content (AvgIpc) is 3.44. The lowest BCUT2D eigenvalue weighted by atomic mass is 9.70. The first-order valence-electron chi connectivity index (χ1n) is 18.9. The van der Waals surface area contributed by atoms with Gasteiger partial charge >= 0.3 is 23.9 Å². The maximum absolute atomic E-state index is 13.4. The Hall–Kier alpha value is -4.24. The summed E-state index contributed by atoms with van der Waals surface area (Å²) in [6, 6.07) is 15.0. The lowest BCUT2D eigenvalue weighted by molar-refractivity contribution is -0.154. The Balaban J connectivity index is 1.97. The molecule has 9 nitrogen and oxygen atoms in total. The molecule has 3 rings (SSSR count). The molecular formula is C44H60O9. The van der Waals surface area contributed by atoms with E-state index in [0.29, 0.717) is 63.7 Å². The van der Waals surface area contributed by atoms with Crippen molar-refractivity contribution in [3.05, 3.63) is 96.1 Å². The van der Waals surface area contributed by atoms with Crippen LogP contribution in [0.15, 0.2) is 73.8 Å². The molecule has 0 saturated heterocycles. The van der Waals surface area contributed by atoms with E-state index in [1.807, 2.05) is 52.0 Å². The van der Waals surface area contributed by atoms with Crippen molar-refractivity contribution in [2.75, 3.05) is 13.2 Å². The molecule has 1 fully saturated rings. The van der Waals surface area contributed by atoms with Gasteiger partial charge in [-0.1, -0.05) is 55.5 Å². The van der Waals surface area contributed by atoms with Crippen LogP contribution in [0.3, 0.4) is 0 Å². The monoisotopic (exact) mass is 732 g/mol. The van der Waals surface area contributed by atoms with Gasteiger partial charge in [0, 0.05) is 25.2 Å². The fourth-order valence-corrected chi connectivity index (χ4v) is 6.92. The smallest absolute Gasteiger partial charge is 0.338 e. The van der Waals surface area contributed by atoms with Gasteiger partial charge in [0.15, 0.2) is 0 Å². The SMILES string of the molecule is C=CCCCOC(=O)CC[C@]1(C)[C@@H](OC(=O)c2ccccc2)CC[C@H]1c1ccc(C[C@H](CCC(C)OCC=C)OC(C)=O)cc1COC(=O)C(C)(C)C. The molecule has 0 N–H and O–H groups in total. The Bertz CT molecular complexity index is 1530. The van der Waals surface area contributed by atoms with E-state index in [-0.39, 0.29) is 49.1 Å². The summed E-state index contributed by atoms with van der Waals surface area (Å²) in [5.74, 6) is -1.53. The molecule has 1 unspecified atom stereocenters. The molecule has 2 aromatic carbocycles. The maximum atomic E-state index is 13.4. The number of rotatable bonds is 21. The Kier molecular flexibility index (Phi) is 17.0. The molecule has 0 aliphatic heterocycles. The molecule has 53 heavy (non-hydrogen) atoms. The fourth-order valence-electron chi connectivity index (χ4n) is 6.92. The van der Waals surface area contributed by atoms with Gasteiger partial charge in [-0.15, -0.1) is 13.2 Å². The second kappa shape index (κ2) is 20.9. The number of allylic oxidation sites excluding steroid dienone is 1. The van der Waals surface area contributed by atoms with Crippen molar-refractivity contribution in [1.82, 2.24) is 0 Å². The second-order valence-electron chi connectivity index (χ2n) is 15.4. The van der Waals surface area contributed by atoms with Crippen molar-refractivity contribution in [2.45, 2.75) is 130 Å². The Morgan fingerprint density at radius 2 is 1.72 bits per heavy atom. The van der Waals surface area contributed by atoms with Gasteiger partial charge in [0.2, 0.25) is 0 Å². The molecule has 1 aliphatic rings. The largest absolute Gasteiger partial charge is 0.466 e. The van der Waals surface area contributed by atoms with Crippen LogP contribution in [-0.2, 0) is 51.1 Å². The molecule has 0 heterocycles. The molecule has 0 aromatic heterocycles. The summed E-state index contributed by atoms with van der Waals surface area (Å²) in [4.78, 5) is 51.4. The van der Waals surface area contributed by atoms with Gasteiger partial charge in [-0.3, -0.25) is 14.4 Å². The van der Waals surface area contributed by atoms with Crippen molar-refractivity contribution in [2.24, 2.45) is 10.8 Å². The summed E-state index contributed by atoms with van der Waals surface area (Å²) in [6.45, 7) is 19.1. The van der Waals surface area contributed by atoms with Crippen LogP contribution in [-0.4, -0.2) is 55.4 Å². The Labute approximate surface area is 316 Å². The van der Waals surface area contributed by atoms with E-state index in [1.54, 1.807) is 36.4 Å². The van der Waals surface area contributed by atoms with Gasteiger partial charge in [-0.05, 0) is 107 Å². The molecule has 2 aromatic rings. The number of carbonyl (C=O) groups is 4. The zero-order valence-corrected chi connectivity index (χ0v) is 32.7. The lowest BCUT2D eigenvalue weighted by Gasteiger charge is -2.37. The maximum Gasteiger partial charge on any atom is 0.338 e. The topological polar surface area (TPSA) is 114 Å². The summed E-state index contributed by atoms with van der Waals surface area (Å²) in [5.41, 5.74) is 1.83. The van der Waals surface area contributed by atoms with Crippen LogP contribution >= 0.6 is 0 Å². The number of hydrogen-bond donors (Lipinski definition) is 0. The van der Waals surface area contributed by atoms with Gasteiger partial charge < -0.3 is 23.7 Å². The lowest BCUT2D eigenvalue weighted by Crippen LogP contribution is -2.36. The van der Waals surface area contributed by atoms with Gasteiger partial charge in [-0.2, -0.15) is 0 Å². The summed E-state index contributed by atoms with van der Waals surface area (Å²) < 4.78 is 29.1. The van der Waals surface area contributed by atoms with Crippen LogP contribution in [0, 0.1) is 10.8 Å². The van der Waals surface area contributed by atoms with E-state index >= 15 is 0 Å². The highest BCUT2D eigenvalue weighted by Gasteiger charge is 2.50. The van der Waals surface area contributed by atoms with Crippen molar-refractivity contribution in [1.29, 1.82) is 0 Å². The molecular weight excluding hydrogens is 672 g/mol. The van der Waals surface area contributed by atoms with E-state index in [0.717, 1.165) is 23.1 Å². The minimum atomic E-state index is -0.701. The van der Waals surface area contributed by atoms with E-state index in [2.05, 4.69) is 20.1 Å². The predicted molar refractivity (Wildman–Crippen MR) is 205 cm³/mol. The minimum Gasteiger partial charge on any atom is -0.466 e. The molecule has 0 radical (unpaired) electrons. The molecule has 1 saturated carbocycles. The highest BCUT2D eigenvalue weighted by atomic mass is 16.6. The number of ether oxygens (including phenoxy) is 5. The third-order valence-electron chi connectivity index (χ3n) is 9.94. The Morgan fingerprint density at radius 1 is 0.981 bits per heavy atom. The summed E-state index contributed by atoms with van der Waals surface area (Å²) in [5, 5.41) is 0. The van der Waals surface area contributed by atoms with Gasteiger partial charge in [0.05, 0.1) is 30.3 Å². The highest BCUT2D eigenvalue weighted by Crippen LogP contribution is 2.54. The van der Waals surface area contributed by atoms with Crippen LogP contribution in [0.25, 0.3) is 0 Å². The zero-order chi connectivity index (χ0) is 39.0. The Morgan fingerprint density at radius 3 is 2.38 bits per heavy atom. The van der Waals surface area contributed by atoms with Crippen LogP contribution < -0.4 is 0 Å². The number of carbonyl (C=O) groups excluding carboxylic acids is 4. The zero-order valence-electron chi connectivity index (χ0n) is 32.7. The van der Waals surface area contributed by atoms with Crippen LogP contribution in [0.4, 0.5) is 0 Å². The number of esters is 4. The van der Waals surface area contributed by atoms with E-state index in [1.165, 1.54) is 6.92 Å². The van der Waals surface area contributed by atoms with E-state index < -0.39 is 22.9 Å². The first kappa shape index (κ1) is 43.2. The quantitative estimate of drug-likeness (QED) is 0.0537. The van der Waals surface area contributed by atoms with Gasteiger partial charge in [0.1, 0.15) is 18.8 Å². The molecule has 0 spiro atoms. The van der Waals surface area contributed by atoms with Gasteiger partial charge in [0.25, 0.3) is 0 Å². The second-order valence-corrected chi connectivity index (χ2v) is 15.4. The first-order valence-corrected chi connectivity index (χ1v) is 18.9. The van der Waals surface area contributed by atoms with Crippen molar-refractivity contribution < 1.29 is 42.9 Å². The fraction of sp³-hybridized carbons (Fsp3) is 0.545.